The molecule has 3 rings (SSSR count). The smallest absolute Gasteiger partial charge is 0.323 e. The summed E-state index contributed by atoms with van der Waals surface area (Å²) < 4.78 is 37.1. The minimum atomic E-state index is -3.70. The third-order valence-corrected chi connectivity index (χ3v) is 5.33. The molecule has 2 heterocycles. The molecule has 120 valence electrons. The molecule has 8 heteroatoms. The van der Waals surface area contributed by atoms with Gasteiger partial charge in [0, 0.05) is 19.1 Å². The normalized spacial score (nSPS) is 16.9. The molecule has 0 aliphatic carbocycles. The standard InChI is InChI=1S/C14H19N3O4S/c1-10-4-2-3-5-12(10)22(18,19)16-13-14(21-20-13)17-8-6-11(15)7-9-17/h2-5,11,16H,6-9,15H2,1H3. The average molecular weight is 325 g/mol. The molecular weight excluding hydrogens is 306 g/mol. The second-order valence-corrected chi connectivity index (χ2v) is 7.15. The molecule has 1 aliphatic heterocycles. The Balaban J connectivity index is 1.77. The second-order valence-electron chi connectivity index (χ2n) is 5.50. The second kappa shape index (κ2) is 5.69. The van der Waals surface area contributed by atoms with Crippen molar-refractivity contribution in [3.8, 4) is 0 Å². The Hall–Kier alpha value is -1.93. The van der Waals surface area contributed by atoms with Crippen LogP contribution >= 0.6 is 0 Å². The molecule has 22 heavy (non-hydrogen) atoms. The monoisotopic (exact) mass is 325 g/mol. The molecule has 0 unspecified atom stereocenters. The largest absolute Gasteiger partial charge is 0.334 e. The quantitative estimate of drug-likeness (QED) is 0.833. The zero-order valence-corrected chi connectivity index (χ0v) is 13.1. The predicted octanol–water partition coefficient (Wildman–Crippen LogP) is 1.91. The number of nitrogens with two attached hydrogens (primary N) is 1. The number of rotatable bonds is 4. The minimum absolute atomic E-state index is 0.124. The van der Waals surface area contributed by atoms with Gasteiger partial charge < -0.3 is 10.6 Å². The highest BCUT2D eigenvalue weighted by Crippen LogP contribution is 2.34. The number of sulfonamides is 1. The molecule has 1 fully saturated rings. The van der Waals surface area contributed by atoms with Crippen LogP contribution in [0.3, 0.4) is 0 Å². The van der Waals surface area contributed by atoms with Gasteiger partial charge in [0.05, 0.1) is 4.90 Å². The summed E-state index contributed by atoms with van der Waals surface area (Å²) in [7, 11) is -3.70. The van der Waals surface area contributed by atoms with Crippen LogP contribution < -0.4 is 15.4 Å². The van der Waals surface area contributed by atoms with E-state index in [2.05, 4.69) is 4.72 Å². The Morgan fingerprint density at radius 3 is 2.50 bits per heavy atom. The molecule has 1 aliphatic rings. The van der Waals surface area contributed by atoms with Crippen LogP contribution in [0.4, 0.5) is 11.8 Å². The van der Waals surface area contributed by atoms with Crippen molar-refractivity contribution in [2.45, 2.75) is 30.7 Å². The van der Waals surface area contributed by atoms with Crippen LogP contribution in [-0.2, 0) is 10.0 Å². The number of aryl methyl sites for hydroxylation is 1. The Labute approximate surface area is 129 Å². The predicted molar refractivity (Wildman–Crippen MR) is 82.4 cm³/mol. The van der Waals surface area contributed by atoms with Crippen LogP contribution in [0.15, 0.2) is 38.3 Å². The molecular formula is C14H19N3O4S. The molecule has 2 aromatic rings. The number of piperidine rings is 1. The van der Waals surface area contributed by atoms with Crippen LogP contribution in [-0.4, -0.2) is 27.5 Å². The van der Waals surface area contributed by atoms with Gasteiger partial charge in [-0.1, -0.05) is 18.2 Å². The fraction of sp³-hybridized carbons (Fsp3) is 0.429. The van der Waals surface area contributed by atoms with Crippen molar-refractivity contribution in [2.24, 2.45) is 5.73 Å². The van der Waals surface area contributed by atoms with Crippen molar-refractivity contribution < 1.29 is 17.6 Å². The maximum absolute atomic E-state index is 12.4. The first kappa shape index (κ1) is 15.0. The number of anilines is 2. The molecule has 3 N–H and O–H groups in total. The summed E-state index contributed by atoms with van der Waals surface area (Å²) in [6.07, 6.45) is 1.68. The topological polar surface area (TPSA) is 102 Å². The van der Waals surface area contributed by atoms with Crippen LogP contribution in [0.2, 0.25) is 0 Å². The molecule has 0 saturated carbocycles. The van der Waals surface area contributed by atoms with Gasteiger partial charge in [0.25, 0.3) is 10.0 Å². The van der Waals surface area contributed by atoms with E-state index >= 15 is 0 Å². The molecule has 1 saturated heterocycles. The zero-order chi connectivity index (χ0) is 15.7. The molecule has 0 amide bonds. The van der Waals surface area contributed by atoms with Gasteiger partial charge >= 0.3 is 11.8 Å². The van der Waals surface area contributed by atoms with E-state index in [-0.39, 0.29) is 16.8 Å². The summed E-state index contributed by atoms with van der Waals surface area (Å²) in [5.74, 6) is 0.544. The third kappa shape index (κ3) is 2.84. The van der Waals surface area contributed by atoms with Crippen molar-refractivity contribution in [1.29, 1.82) is 0 Å². The maximum Gasteiger partial charge on any atom is 0.323 e. The van der Waals surface area contributed by atoms with Gasteiger partial charge in [-0.25, -0.2) is 13.1 Å². The summed E-state index contributed by atoms with van der Waals surface area (Å²) in [4.78, 5) is 2.15. The van der Waals surface area contributed by atoms with Gasteiger partial charge in [-0.05, 0) is 31.4 Å². The van der Waals surface area contributed by atoms with E-state index in [1.807, 2.05) is 4.90 Å². The Kier molecular flexibility index (Phi) is 3.88. The van der Waals surface area contributed by atoms with Crippen molar-refractivity contribution in [2.75, 3.05) is 22.7 Å². The summed E-state index contributed by atoms with van der Waals surface area (Å²) >= 11 is 0. The van der Waals surface area contributed by atoms with E-state index in [1.165, 1.54) is 0 Å². The first-order chi connectivity index (χ1) is 10.5. The summed E-state index contributed by atoms with van der Waals surface area (Å²) in [6.45, 7) is 3.18. The number of nitrogens with one attached hydrogen (secondary N) is 1. The highest BCUT2D eigenvalue weighted by atomic mass is 32.2. The number of hydrogen-bond acceptors (Lipinski definition) is 6. The molecule has 0 atom stereocenters. The Morgan fingerprint density at radius 1 is 1.23 bits per heavy atom. The van der Waals surface area contributed by atoms with Gasteiger partial charge in [0.2, 0.25) is 0 Å². The number of benzene rings is 1. The van der Waals surface area contributed by atoms with Crippen LogP contribution in [0, 0.1) is 6.92 Å². The van der Waals surface area contributed by atoms with E-state index in [4.69, 9.17) is 14.9 Å². The van der Waals surface area contributed by atoms with Gasteiger partial charge in [0.1, 0.15) is 0 Å². The SMILES string of the molecule is Cc1ccccc1S(=O)(=O)Nc1ooc1N1CCC(N)CC1. The van der Waals surface area contributed by atoms with Crippen LogP contribution in [0.1, 0.15) is 18.4 Å². The average Bonchev–Trinajstić information content (AvgIpc) is 2.46. The first-order valence-corrected chi connectivity index (χ1v) is 8.63. The zero-order valence-electron chi connectivity index (χ0n) is 12.3. The van der Waals surface area contributed by atoms with E-state index in [1.54, 1.807) is 31.2 Å². The molecule has 0 radical (unpaired) electrons. The Bertz CT molecular complexity index is 742. The molecule has 0 bridgehead atoms. The fourth-order valence-electron chi connectivity index (χ4n) is 2.52. The lowest BCUT2D eigenvalue weighted by atomic mass is 10.1. The minimum Gasteiger partial charge on any atom is -0.334 e. The summed E-state index contributed by atoms with van der Waals surface area (Å²) in [5.41, 5.74) is 6.53. The van der Waals surface area contributed by atoms with Crippen molar-refractivity contribution in [3.05, 3.63) is 29.8 Å². The van der Waals surface area contributed by atoms with Gasteiger partial charge in [0.15, 0.2) is 0 Å². The summed E-state index contributed by atoms with van der Waals surface area (Å²) in [6, 6.07) is 6.95. The highest BCUT2D eigenvalue weighted by molar-refractivity contribution is 7.92. The Morgan fingerprint density at radius 2 is 1.91 bits per heavy atom. The van der Waals surface area contributed by atoms with E-state index in [0.717, 1.165) is 25.9 Å². The van der Waals surface area contributed by atoms with Crippen LogP contribution in [0.5, 0.6) is 0 Å². The van der Waals surface area contributed by atoms with Crippen molar-refractivity contribution in [1.82, 2.24) is 0 Å². The molecule has 7 nitrogen and oxygen atoms in total. The maximum atomic E-state index is 12.4. The fourth-order valence-corrected chi connectivity index (χ4v) is 3.74. The van der Waals surface area contributed by atoms with E-state index in [9.17, 15) is 8.42 Å². The van der Waals surface area contributed by atoms with E-state index < -0.39 is 10.0 Å². The van der Waals surface area contributed by atoms with Gasteiger partial charge in [-0.3, -0.25) is 9.15 Å². The molecule has 1 aromatic heterocycles. The molecule has 0 spiro atoms. The van der Waals surface area contributed by atoms with Gasteiger partial charge in [-0.15, -0.1) is 0 Å². The van der Waals surface area contributed by atoms with E-state index in [0.29, 0.717) is 11.4 Å². The third-order valence-electron chi connectivity index (χ3n) is 3.84. The van der Waals surface area contributed by atoms with Crippen LogP contribution in [0.25, 0.3) is 0 Å². The highest BCUT2D eigenvalue weighted by Gasteiger charge is 2.29. The lowest BCUT2D eigenvalue weighted by molar-refractivity contribution is 0.0239. The lowest BCUT2D eigenvalue weighted by Gasteiger charge is -2.30. The van der Waals surface area contributed by atoms with Gasteiger partial charge in [-0.2, -0.15) is 0 Å². The number of nitrogens with zero attached hydrogens (tertiary/aromatic N) is 1. The summed E-state index contributed by atoms with van der Waals surface area (Å²) in [5, 5.41) is 0. The first-order valence-electron chi connectivity index (χ1n) is 7.15. The lowest BCUT2D eigenvalue weighted by Crippen LogP contribution is -2.40. The van der Waals surface area contributed by atoms with Crippen molar-refractivity contribution in [3.63, 3.8) is 0 Å². The number of hydrogen-bond donors (Lipinski definition) is 2. The van der Waals surface area contributed by atoms with Crippen molar-refractivity contribution >= 4 is 21.8 Å². The molecule has 1 aromatic carbocycles.